The minimum Gasteiger partial charge on any atom is -0.380 e. The minimum atomic E-state index is -4.86. The van der Waals surface area contributed by atoms with Crippen LogP contribution in [0.1, 0.15) is 25.3 Å². The third kappa shape index (κ3) is 3.46. The van der Waals surface area contributed by atoms with Crippen LogP contribution in [0.3, 0.4) is 0 Å². The molecule has 0 spiro atoms. The number of halogens is 4. The highest BCUT2D eigenvalue weighted by Crippen LogP contribution is 2.34. The number of rotatable bonds is 3. The van der Waals surface area contributed by atoms with Crippen molar-refractivity contribution in [1.82, 2.24) is 9.88 Å². The number of hydrogen-bond donors (Lipinski definition) is 2. The summed E-state index contributed by atoms with van der Waals surface area (Å²) in [6.45, 7) is 1.02. The average Bonchev–Trinajstić information content (AvgIpc) is 2.96. The quantitative estimate of drug-likeness (QED) is 0.811. The molecule has 3 rings (SSSR count). The third-order valence-electron chi connectivity index (χ3n) is 4.66. The van der Waals surface area contributed by atoms with E-state index in [1.807, 2.05) is 0 Å². The lowest BCUT2D eigenvalue weighted by molar-refractivity contribution is -0.254. The summed E-state index contributed by atoms with van der Waals surface area (Å²) in [4.78, 5) is 16.4. The smallest absolute Gasteiger partial charge is 0.380 e. The molecule has 0 aliphatic carbocycles. The number of aromatic nitrogens is 1. The lowest BCUT2D eigenvalue weighted by atomic mass is 9.97. The molecule has 0 unspecified atom stereocenters. The van der Waals surface area contributed by atoms with Gasteiger partial charge in [0.15, 0.2) is 5.60 Å². The Kier molecular flexibility index (Phi) is 4.56. The zero-order valence-electron chi connectivity index (χ0n) is 14.0. The topological polar surface area (TPSA) is 56.3 Å². The minimum absolute atomic E-state index is 0.163. The zero-order valence-corrected chi connectivity index (χ0v) is 14.0. The molecule has 0 saturated carbocycles. The van der Waals surface area contributed by atoms with E-state index in [1.54, 1.807) is 18.3 Å². The summed E-state index contributed by atoms with van der Waals surface area (Å²) >= 11 is 0. The summed E-state index contributed by atoms with van der Waals surface area (Å²) in [5, 5.41) is 10.3. The predicted octanol–water partition coefficient (Wildman–Crippen LogP) is 3.63. The van der Waals surface area contributed by atoms with E-state index in [2.05, 4.69) is 4.98 Å². The van der Waals surface area contributed by atoms with Crippen LogP contribution < -0.4 is 0 Å². The lowest BCUT2D eigenvalue weighted by Crippen LogP contribution is -2.47. The van der Waals surface area contributed by atoms with Crippen LogP contribution in [0.15, 0.2) is 30.5 Å². The molecule has 140 valence electrons. The van der Waals surface area contributed by atoms with Gasteiger partial charge in [0.2, 0.25) is 5.91 Å². The van der Waals surface area contributed by atoms with Gasteiger partial charge in [-0.1, -0.05) is 6.08 Å². The number of aromatic amines is 1. The maximum atomic E-state index is 13.3. The zero-order chi connectivity index (χ0) is 19.1. The Balaban J connectivity index is 1.73. The normalized spacial score (nSPS) is 17.9. The fraction of sp³-hybridized carbons (Fsp3) is 0.389. The van der Waals surface area contributed by atoms with Gasteiger partial charge < -0.3 is 15.0 Å². The molecule has 1 atom stereocenters. The Morgan fingerprint density at radius 3 is 2.69 bits per heavy atom. The van der Waals surface area contributed by atoms with Crippen molar-refractivity contribution in [3.63, 3.8) is 0 Å². The van der Waals surface area contributed by atoms with E-state index in [-0.39, 0.29) is 18.9 Å². The highest BCUT2D eigenvalue weighted by molar-refractivity contribution is 5.93. The van der Waals surface area contributed by atoms with Crippen molar-refractivity contribution in [2.75, 3.05) is 13.1 Å². The first-order valence-corrected chi connectivity index (χ1v) is 8.11. The van der Waals surface area contributed by atoms with Crippen LogP contribution in [0.25, 0.3) is 16.5 Å². The van der Waals surface area contributed by atoms with Crippen molar-refractivity contribution in [1.29, 1.82) is 0 Å². The number of nitrogens with zero attached hydrogens (tertiary/aromatic N) is 1. The molecular formula is C18H18F4N2O2. The molecule has 0 radical (unpaired) electrons. The van der Waals surface area contributed by atoms with E-state index in [9.17, 15) is 27.5 Å². The largest absolute Gasteiger partial charge is 0.417 e. The van der Waals surface area contributed by atoms with Gasteiger partial charge in [0.05, 0.1) is 6.42 Å². The molecule has 2 aromatic rings. The molecule has 1 aromatic heterocycles. The monoisotopic (exact) mass is 370 g/mol. The molecular weight excluding hydrogens is 352 g/mol. The molecule has 0 bridgehead atoms. The van der Waals surface area contributed by atoms with E-state index in [4.69, 9.17) is 0 Å². The first kappa shape index (κ1) is 18.4. The van der Waals surface area contributed by atoms with Crippen molar-refractivity contribution in [2.24, 2.45) is 0 Å². The lowest BCUT2D eigenvalue weighted by Gasteiger charge is -2.31. The maximum absolute atomic E-state index is 13.3. The second-order valence-corrected chi connectivity index (χ2v) is 6.66. The molecule has 1 aliphatic heterocycles. The molecule has 1 aromatic carbocycles. The number of carbonyl (C=O) groups is 1. The van der Waals surface area contributed by atoms with Crippen LogP contribution in [0.2, 0.25) is 0 Å². The van der Waals surface area contributed by atoms with Gasteiger partial charge in [-0.25, -0.2) is 4.39 Å². The summed E-state index contributed by atoms with van der Waals surface area (Å²) in [5.41, 5.74) is -0.570. The Morgan fingerprint density at radius 1 is 1.35 bits per heavy atom. The average molecular weight is 370 g/mol. The molecule has 1 amide bonds. The highest BCUT2D eigenvalue weighted by atomic mass is 19.4. The number of amides is 1. The van der Waals surface area contributed by atoms with E-state index in [1.165, 1.54) is 17.0 Å². The van der Waals surface area contributed by atoms with Gasteiger partial charge in [-0.2, -0.15) is 13.2 Å². The van der Waals surface area contributed by atoms with E-state index in [0.29, 0.717) is 18.9 Å². The number of fused-ring (bicyclic) bond motifs is 1. The van der Waals surface area contributed by atoms with Crippen LogP contribution in [0.5, 0.6) is 0 Å². The molecule has 8 heteroatoms. The maximum Gasteiger partial charge on any atom is 0.417 e. The second-order valence-electron chi connectivity index (χ2n) is 6.66. The number of aliphatic hydroxyl groups is 1. The number of carbonyl (C=O) groups excluding carboxylic acids is 1. The van der Waals surface area contributed by atoms with Gasteiger partial charge in [0.25, 0.3) is 0 Å². The molecule has 2 N–H and O–H groups in total. The van der Waals surface area contributed by atoms with Gasteiger partial charge in [-0.3, -0.25) is 4.79 Å². The SMILES string of the molecule is C[C@@](O)(CC(=O)N1CC=C(c2c[nH]c3cc(F)ccc23)CC1)C(F)(F)F. The number of H-pyrrole nitrogens is 1. The summed E-state index contributed by atoms with van der Waals surface area (Å²) in [7, 11) is 0. The second kappa shape index (κ2) is 6.42. The Bertz CT molecular complexity index is 868. The van der Waals surface area contributed by atoms with Crippen LogP contribution >= 0.6 is 0 Å². The fourth-order valence-electron chi connectivity index (χ4n) is 3.01. The van der Waals surface area contributed by atoms with Gasteiger partial charge in [0, 0.05) is 35.8 Å². The molecule has 0 saturated heterocycles. The fourth-order valence-corrected chi connectivity index (χ4v) is 3.01. The van der Waals surface area contributed by atoms with Crippen LogP contribution in [-0.4, -0.2) is 45.8 Å². The summed E-state index contributed by atoms with van der Waals surface area (Å²) in [5.74, 6) is -1.10. The van der Waals surface area contributed by atoms with Crippen LogP contribution in [-0.2, 0) is 4.79 Å². The molecule has 4 nitrogen and oxygen atoms in total. The summed E-state index contributed by atoms with van der Waals surface area (Å²) in [6.07, 6.45) is -1.88. The van der Waals surface area contributed by atoms with Crippen molar-refractivity contribution < 1.29 is 27.5 Å². The van der Waals surface area contributed by atoms with Gasteiger partial charge in [-0.05, 0) is 37.1 Å². The Labute approximate surface area is 147 Å². The van der Waals surface area contributed by atoms with Crippen LogP contribution in [0.4, 0.5) is 17.6 Å². The van der Waals surface area contributed by atoms with E-state index >= 15 is 0 Å². The Morgan fingerprint density at radius 2 is 2.08 bits per heavy atom. The number of benzene rings is 1. The highest BCUT2D eigenvalue weighted by Gasteiger charge is 2.51. The van der Waals surface area contributed by atoms with Crippen molar-refractivity contribution in [2.45, 2.75) is 31.5 Å². The van der Waals surface area contributed by atoms with Crippen molar-refractivity contribution in [3.05, 3.63) is 41.9 Å². The van der Waals surface area contributed by atoms with Gasteiger partial charge in [-0.15, -0.1) is 0 Å². The van der Waals surface area contributed by atoms with E-state index < -0.39 is 24.1 Å². The predicted molar refractivity (Wildman–Crippen MR) is 88.7 cm³/mol. The molecule has 0 fully saturated rings. The molecule has 2 heterocycles. The van der Waals surface area contributed by atoms with E-state index in [0.717, 1.165) is 16.5 Å². The first-order valence-electron chi connectivity index (χ1n) is 8.11. The summed E-state index contributed by atoms with van der Waals surface area (Å²) in [6, 6.07) is 4.41. The Hall–Kier alpha value is -2.35. The number of hydrogen-bond acceptors (Lipinski definition) is 2. The van der Waals surface area contributed by atoms with Gasteiger partial charge in [0.1, 0.15) is 5.82 Å². The third-order valence-corrected chi connectivity index (χ3v) is 4.66. The first-order chi connectivity index (χ1) is 12.1. The summed E-state index contributed by atoms with van der Waals surface area (Å²) < 4.78 is 51.4. The standard InChI is InChI=1S/C18H18F4N2O2/c1-17(26,18(20,21)22)9-16(25)24-6-4-11(5-7-24)14-10-23-15-8-12(19)2-3-13(14)15/h2-4,8,10,23,26H,5-7,9H2,1H3/t17-/m1/s1. The van der Waals surface area contributed by atoms with Crippen molar-refractivity contribution >= 4 is 22.4 Å². The number of alkyl halides is 3. The molecule has 26 heavy (non-hydrogen) atoms. The molecule has 1 aliphatic rings. The van der Waals surface area contributed by atoms with Gasteiger partial charge >= 0.3 is 6.18 Å². The van der Waals surface area contributed by atoms with Crippen LogP contribution in [0, 0.1) is 5.82 Å². The number of nitrogens with one attached hydrogen (secondary N) is 1. The van der Waals surface area contributed by atoms with Crippen molar-refractivity contribution in [3.8, 4) is 0 Å².